The van der Waals surface area contributed by atoms with Crippen molar-refractivity contribution in [3.63, 3.8) is 0 Å². The minimum Gasteiger partial charge on any atom is -0.256 e. The van der Waals surface area contributed by atoms with E-state index in [0.717, 1.165) is 43.7 Å². The molecule has 2 heterocycles. The molecule has 0 bridgehead atoms. The van der Waals surface area contributed by atoms with Crippen LogP contribution in [0.15, 0.2) is 243 Å². The average molecular weight is 861 g/mol. The maximum Gasteiger partial charge on any atom is 0.0708 e. The number of hydrogen-bond donors (Lipinski definition) is 0. The van der Waals surface area contributed by atoms with Gasteiger partial charge >= 0.3 is 0 Å². The summed E-state index contributed by atoms with van der Waals surface area (Å²) in [5.41, 5.74) is 14.0. The first kappa shape index (κ1) is 38.3. The van der Waals surface area contributed by atoms with Crippen molar-refractivity contribution in [1.82, 2.24) is 9.97 Å². The highest BCUT2D eigenvalue weighted by Crippen LogP contribution is 2.48. The summed E-state index contributed by atoms with van der Waals surface area (Å²) in [5.74, 6) is 0. The smallest absolute Gasteiger partial charge is 0.0708 e. The van der Waals surface area contributed by atoms with Crippen molar-refractivity contribution in [2.45, 2.75) is 0 Å². The van der Waals surface area contributed by atoms with Crippen LogP contribution in [0.5, 0.6) is 0 Å². The predicted molar refractivity (Wildman–Crippen MR) is 289 cm³/mol. The lowest BCUT2D eigenvalue weighted by atomic mass is 9.84. The minimum atomic E-state index is 0.994. The number of aromatic nitrogens is 2. The van der Waals surface area contributed by atoms with Gasteiger partial charge in [-0.3, -0.25) is 9.97 Å². The van der Waals surface area contributed by atoms with Gasteiger partial charge in [-0.25, -0.2) is 0 Å². The summed E-state index contributed by atoms with van der Waals surface area (Å²) in [5, 5.41) is 16.9. The van der Waals surface area contributed by atoms with Gasteiger partial charge < -0.3 is 0 Å². The Bertz CT molecular complexity index is 4070. The quantitative estimate of drug-likeness (QED) is 0.127. The molecule has 0 radical (unpaired) electrons. The van der Waals surface area contributed by atoms with Crippen LogP contribution in [-0.4, -0.2) is 9.97 Å². The summed E-state index contributed by atoms with van der Waals surface area (Å²) in [6.07, 6.45) is 4.19. The zero-order valence-corrected chi connectivity index (χ0v) is 37.0. The number of hydrogen-bond acceptors (Lipinski definition) is 2. The largest absolute Gasteiger partial charge is 0.256 e. The first-order valence-corrected chi connectivity index (χ1v) is 23.4. The van der Waals surface area contributed by atoms with Crippen molar-refractivity contribution < 1.29 is 0 Å². The Morgan fingerprint density at radius 3 is 0.926 bits per heavy atom. The monoisotopic (exact) mass is 860 g/mol. The van der Waals surface area contributed by atoms with E-state index in [1.807, 2.05) is 0 Å². The molecular weight excluding hydrogens is 821 g/mol. The van der Waals surface area contributed by atoms with Crippen LogP contribution in [0.3, 0.4) is 0 Å². The molecule has 12 aromatic carbocycles. The number of fused-ring (bicyclic) bond motifs is 10. The summed E-state index contributed by atoms with van der Waals surface area (Å²) in [6, 6.07) is 84.2. The standard InChI is InChI=1S/C66H40N2/c1-3-15-47-37-49(35-29-41(47)13-1)63-53-19-7-5-17-51(53)61(57-39-67-59-23-11-9-21-55(59)65(57)63)45-31-25-43(26-32-45)44-27-33-46(34-28-44)62-52-18-6-8-20-54(52)64(50-36-30-42-14-2-4-16-48(42)38-50)66-56-22-10-12-24-60(56)68-40-58(62)66/h1-40H. The molecule has 14 aromatic rings. The molecule has 0 saturated heterocycles. The van der Waals surface area contributed by atoms with E-state index in [1.165, 1.54) is 98.4 Å². The SMILES string of the molecule is c1ccc2cc(-c3c4ccccc4c(-c4ccc(-c5ccc(-c6c7ccccc7c(-c7ccc8ccccc8c7)c7c6cnc6ccccc67)cc5)cc4)c4cnc5ccccc5c34)ccc2c1. The molecule has 0 spiro atoms. The van der Waals surface area contributed by atoms with Gasteiger partial charge in [0, 0.05) is 44.7 Å². The second-order valence-corrected chi connectivity index (χ2v) is 18.0. The van der Waals surface area contributed by atoms with Gasteiger partial charge in [-0.1, -0.05) is 206 Å². The van der Waals surface area contributed by atoms with Gasteiger partial charge in [-0.2, -0.15) is 0 Å². The summed E-state index contributed by atoms with van der Waals surface area (Å²) in [7, 11) is 0. The fraction of sp³-hybridized carbons (Fsp3) is 0. The van der Waals surface area contributed by atoms with Gasteiger partial charge in [-0.05, 0) is 123 Å². The molecule has 0 saturated carbocycles. The van der Waals surface area contributed by atoms with Crippen LogP contribution < -0.4 is 0 Å². The van der Waals surface area contributed by atoms with Gasteiger partial charge in [0.05, 0.1) is 11.0 Å². The van der Waals surface area contributed by atoms with Crippen LogP contribution >= 0.6 is 0 Å². The molecule has 2 nitrogen and oxygen atoms in total. The zero-order valence-electron chi connectivity index (χ0n) is 37.0. The van der Waals surface area contributed by atoms with Crippen molar-refractivity contribution >= 4 is 86.4 Å². The van der Waals surface area contributed by atoms with E-state index in [4.69, 9.17) is 9.97 Å². The van der Waals surface area contributed by atoms with Gasteiger partial charge in [0.15, 0.2) is 0 Å². The van der Waals surface area contributed by atoms with Gasteiger partial charge in [0.2, 0.25) is 0 Å². The molecule has 2 heteroatoms. The van der Waals surface area contributed by atoms with Crippen molar-refractivity contribution in [2.24, 2.45) is 0 Å². The third-order valence-corrected chi connectivity index (χ3v) is 14.3. The first-order chi connectivity index (χ1) is 33.7. The Morgan fingerprint density at radius 1 is 0.206 bits per heavy atom. The van der Waals surface area contributed by atoms with Crippen LogP contribution in [0.1, 0.15) is 0 Å². The third-order valence-electron chi connectivity index (χ3n) is 14.3. The fourth-order valence-corrected chi connectivity index (χ4v) is 11.2. The van der Waals surface area contributed by atoms with E-state index in [9.17, 15) is 0 Å². The highest BCUT2D eigenvalue weighted by molar-refractivity contribution is 6.29. The Kier molecular flexibility index (Phi) is 8.62. The molecule has 14 rings (SSSR count). The summed E-state index contributed by atoms with van der Waals surface area (Å²) in [6.45, 7) is 0. The molecule has 2 aromatic heterocycles. The minimum absolute atomic E-state index is 0.994. The van der Waals surface area contributed by atoms with E-state index >= 15 is 0 Å². The second kappa shape index (κ2) is 15.3. The number of nitrogens with zero attached hydrogens (tertiary/aromatic N) is 2. The number of pyridine rings is 2. The maximum absolute atomic E-state index is 5.07. The van der Waals surface area contributed by atoms with Gasteiger partial charge in [0.1, 0.15) is 0 Å². The molecule has 0 N–H and O–H groups in total. The van der Waals surface area contributed by atoms with Crippen LogP contribution in [0.4, 0.5) is 0 Å². The highest BCUT2D eigenvalue weighted by atomic mass is 14.7. The Morgan fingerprint density at radius 2 is 0.515 bits per heavy atom. The molecule has 0 atom stereocenters. The van der Waals surface area contributed by atoms with Crippen LogP contribution in [0, 0.1) is 0 Å². The van der Waals surface area contributed by atoms with Gasteiger partial charge in [-0.15, -0.1) is 0 Å². The number of benzene rings is 12. The molecular formula is C66H40N2. The van der Waals surface area contributed by atoms with E-state index in [-0.39, 0.29) is 0 Å². The molecule has 0 aliphatic rings. The lowest BCUT2D eigenvalue weighted by Gasteiger charge is -2.20. The van der Waals surface area contributed by atoms with Gasteiger partial charge in [0.25, 0.3) is 0 Å². The molecule has 0 aliphatic carbocycles. The van der Waals surface area contributed by atoms with Crippen LogP contribution in [0.2, 0.25) is 0 Å². The van der Waals surface area contributed by atoms with E-state index in [1.54, 1.807) is 0 Å². The molecule has 0 fully saturated rings. The molecule has 68 heavy (non-hydrogen) atoms. The van der Waals surface area contributed by atoms with Crippen molar-refractivity contribution in [3.05, 3.63) is 243 Å². The topological polar surface area (TPSA) is 25.8 Å². The van der Waals surface area contributed by atoms with Crippen molar-refractivity contribution in [3.8, 4) is 55.6 Å². The maximum atomic E-state index is 5.07. The predicted octanol–water partition coefficient (Wildman–Crippen LogP) is 18.0. The molecule has 314 valence electrons. The normalized spacial score (nSPS) is 11.8. The van der Waals surface area contributed by atoms with Crippen LogP contribution in [0.25, 0.3) is 142 Å². The fourth-order valence-electron chi connectivity index (χ4n) is 11.2. The number of para-hydroxylation sites is 2. The van der Waals surface area contributed by atoms with Crippen molar-refractivity contribution in [2.75, 3.05) is 0 Å². The molecule has 0 amide bonds. The number of rotatable bonds is 5. The third kappa shape index (κ3) is 5.98. The summed E-state index contributed by atoms with van der Waals surface area (Å²) >= 11 is 0. The summed E-state index contributed by atoms with van der Waals surface area (Å²) < 4.78 is 0. The van der Waals surface area contributed by atoms with E-state index in [2.05, 4.69) is 243 Å². The van der Waals surface area contributed by atoms with E-state index < -0.39 is 0 Å². The lowest BCUT2D eigenvalue weighted by molar-refractivity contribution is 1.45. The summed E-state index contributed by atoms with van der Waals surface area (Å²) in [4.78, 5) is 10.1. The lowest BCUT2D eigenvalue weighted by Crippen LogP contribution is -1.94. The molecule has 0 unspecified atom stereocenters. The second-order valence-electron chi connectivity index (χ2n) is 18.0. The zero-order chi connectivity index (χ0) is 44.7. The Labute approximate surface area is 393 Å². The van der Waals surface area contributed by atoms with Crippen LogP contribution in [-0.2, 0) is 0 Å². The first-order valence-electron chi connectivity index (χ1n) is 23.4. The highest BCUT2D eigenvalue weighted by Gasteiger charge is 2.22. The van der Waals surface area contributed by atoms with E-state index in [0.29, 0.717) is 0 Å². The average Bonchev–Trinajstić information content (AvgIpc) is 3.41. The Balaban J connectivity index is 0.909. The van der Waals surface area contributed by atoms with Crippen molar-refractivity contribution in [1.29, 1.82) is 0 Å². The Hall–Kier alpha value is -8.98. The molecule has 0 aliphatic heterocycles.